The van der Waals surface area contributed by atoms with Crippen molar-refractivity contribution in [3.63, 3.8) is 0 Å². The number of primary amides is 1. The van der Waals surface area contributed by atoms with E-state index in [1.807, 2.05) is 6.07 Å². The first-order valence-corrected chi connectivity index (χ1v) is 9.05. The number of likely N-dealkylation sites (tertiary alicyclic amines) is 1. The first-order valence-electron chi connectivity index (χ1n) is 9.05. The Balaban J connectivity index is 1.51. The zero-order chi connectivity index (χ0) is 17.5. The van der Waals surface area contributed by atoms with E-state index in [0.29, 0.717) is 0 Å². The summed E-state index contributed by atoms with van der Waals surface area (Å²) >= 11 is 0. The molecule has 3 N–H and O–H groups in total. The van der Waals surface area contributed by atoms with Crippen LogP contribution >= 0.6 is 0 Å². The van der Waals surface area contributed by atoms with Crippen LogP contribution < -0.4 is 11.1 Å². The van der Waals surface area contributed by atoms with E-state index >= 15 is 0 Å². The predicted octanol–water partition coefficient (Wildman–Crippen LogP) is 2.67. The van der Waals surface area contributed by atoms with Crippen LogP contribution in [0.1, 0.15) is 29.5 Å². The SMILES string of the molecule is NC(=O)C1CCCN(Cc2cccc(CNCc3ccccc3)c2)C1. The Morgan fingerprint density at radius 2 is 1.76 bits per heavy atom. The molecule has 0 aliphatic carbocycles. The number of amides is 1. The fourth-order valence-electron chi connectivity index (χ4n) is 3.47. The number of nitrogens with one attached hydrogen (secondary N) is 1. The third-order valence-corrected chi connectivity index (χ3v) is 4.81. The zero-order valence-corrected chi connectivity index (χ0v) is 14.7. The van der Waals surface area contributed by atoms with Gasteiger partial charge in [-0.25, -0.2) is 0 Å². The maximum absolute atomic E-state index is 11.4. The predicted molar refractivity (Wildman–Crippen MR) is 101 cm³/mol. The molecule has 0 spiro atoms. The van der Waals surface area contributed by atoms with Crippen LogP contribution in [-0.4, -0.2) is 23.9 Å². The van der Waals surface area contributed by atoms with Gasteiger partial charge >= 0.3 is 0 Å². The van der Waals surface area contributed by atoms with Crippen molar-refractivity contribution in [3.05, 3.63) is 71.3 Å². The summed E-state index contributed by atoms with van der Waals surface area (Å²) in [6.07, 6.45) is 1.97. The van der Waals surface area contributed by atoms with E-state index < -0.39 is 0 Å². The minimum absolute atomic E-state index is 0.00414. The summed E-state index contributed by atoms with van der Waals surface area (Å²) in [5.41, 5.74) is 9.36. The molecule has 2 aromatic rings. The van der Waals surface area contributed by atoms with Crippen LogP contribution in [0.25, 0.3) is 0 Å². The molecule has 4 nitrogen and oxygen atoms in total. The lowest BCUT2D eigenvalue weighted by molar-refractivity contribution is -0.123. The summed E-state index contributed by atoms with van der Waals surface area (Å²) in [5, 5.41) is 3.50. The number of carbonyl (C=O) groups excluding carboxylic acids is 1. The quantitative estimate of drug-likeness (QED) is 0.817. The fraction of sp³-hybridized carbons (Fsp3) is 0.381. The normalized spacial score (nSPS) is 18.2. The van der Waals surface area contributed by atoms with Gasteiger partial charge in [0.2, 0.25) is 5.91 Å². The van der Waals surface area contributed by atoms with E-state index in [0.717, 1.165) is 45.6 Å². The van der Waals surface area contributed by atoms with Gasteiger partial charge in [0.05, 0.1) is 5.92 Å². The maximum atomic E-state index is 11.4. The number of rotatable bonds is 7. The fourth-order valence-corrected chi connectivity index (χ4v) is 3.47. The van der Waals surface area contributed by atoms with Crippen molar-refractivity contribution >= 4 is 5.91 Å². The van der Waals surface area contributed by atoms with Crippen LogP contribution in [-0.2, 0) is 24.4 Å². The standard InChI is InChI=1S/C21H27N3O/c22-21(25)20-10-5-11-24(16-20)15-19-9-4-8-18(12-19)14-23-13-17-6-2-1-3-7-17/h1-4,6-9,12,20,23H,5,10-11,13-16H2,(H2,22,25). The van der Waals surface area contributed by atoms with Crippen LogP contribution in [0.2, 0.25) is 0 Å². The van der Waals surface area contributed by atoms with Gasteiger partial charge in [-0.2, -0.15) is 0 Å². The average molecular weight is 337 g/mol. The molecular weight excluding hydrogens is 310 g/mol. The van der Waals surface area contributed by atoms with Gasteiger partial charge in [-0.1, -0.05) is 54.6 Å². The van der Waals surface area contributed by atoms with Gasteiger partial charge in [0.1, 0.15) is 0 Å². The Morgan fingerprint density at radius 3 is 2.56 bits per heavy atom. The van der Waals surface area contributed by atoms with Crippen LogP contribution in [0.15, 0.2) is 54.6 Å². The van der Waals surface area contributed by atoms with Crippen molar-refractivity contribution in [2.24, 2.45) is 11.7 Å². The average Bonchev–Trinajstić information content (AvgIpc) is 2.63. The lowest BCUT2D eigenvalue weighted by Gasteiger charge is -2.31. The van der Waals surface area contributed by atoms with Crippen LogP contribution in [0.3, 0.4) is 0 Å². The highest BCUT2D eigenvalue weighted by atomic mass is 16.1. The first-order chi connectivity index (χ1) is 12.2. The Labute approximate surface area is 150 Å². The Hall–Kier alpha value is -2.17. The van der Waals surface area contributed by atoms with Crippen molar-refractivity contribution in [2.75, 3.05) is 13.1 Å². The minimum Gasteiger partial charge on any atom is -0.369 e. The van der Waals surface area contributed by atoms with Gasteiger partial charge in [-0.15, -0.1) is 0 Å². The lowest BCUT2D eigenvalue weighted by Crippen LogP contribution is -2.40. The van der Waals surface area contributed by atoms with Gasteiger partial charge in [0.15, 0.2) is 0 Å². The van der Waals surface area contributed by atoms with E-state index in [-0.39, 0.29) is 11.8 Å². The smallest absolute Gasteiger partial charge is 0.221 e. The van der Waals surface area contributed by atoms with Gasteiger partial charge in [0, 0.05) is 26.2 Å². The van der Waals surface area contributed by atoms with Crippen LogP contribution in [0.5, 0.6) is 0 Å². The van der Waals surface area contributed by atoms with Gasteiger partial charge < -0.3 is 11.1 Å². The molecule has 1 aliphatic heterocycles. The third kappa shape index (κ3) is 5.41. The first kappa shape index (κ1) is 17.6. The van der Waals surface area contributed by atoms with Gasteiger partial charge in [-0.05, 0) is 36.1 Å². The molecule has 1 fully saturated rings. The Bertz CT molecular complexity index is 687. The molecular formula is C21H27N3O. The monoisotopic (exact) mass is 337 g/mol. The molecule has 25 heavy (non-hydrogen) atoms. The highest BCUT2D eigenvalue weighted by Crippen LogP contribution is 2.18. The summed E-state index contributed by atoms with van der Waals surface area (Å²) in [6, 6.07) is 19.1. The molecule has 0 aromatic heterocycles. The van der Waals surface area contributed by atoms with Crippen molar-refractivity contribution in [2.45, 2.75) is 32.5 Å². The van der Waals surface area contributed by atoms with Crippen LogP contribution in [0.4, 0.5) is 0 Å². The Morgan fingerprint density at radius 1 is 1.04 bits per heavy atom. The number of benzene rings is 2. The summed E-state index contributed by atoms with van der Waals surface area (Å²) in [6.45, 7) is 4.44. The third-order valence-electron chi connectivity index (χ3n) is 4.81. The van der Waals surface area contributed by atoms with E-state index in [2.05, 4.69) is 58.7 Å². The number of hydrogen-bond donors (Lipinski definition) is 2. The molecule has 1 heterocycles. The molecule has 1 amide bonds. The van der Waals surface area contributed by atoms with Gasteiger partial charge in [-0.3, -0.25) is 9.69 Å². The zero-order valence-electron chi connectivity index (χ0n) is 14.7. The second kappa shape index (κ2) is 8.79. The second-order valence-electron chi connectivity index (χ2n) is 6.89. The highest BCUT2D eigenvalue weighted by molar-refractivity contribution is 5.76. The number of hydrogen-bond acceptors (Lipinski definition) is 3. The number of piperidine rings is 1. The molecule has 0 radical (unpaired) electrons. The topological polar surface area (TPSA) is 58.4 Å². The van der Waals surface area contributed by atoms with Crippen molar-refractivity contribution in [3.8, 4) is 0 Å². The molecule has 1 saturated heterocycles. The highest BCUT2D eigenvalue weighted by Gasteiger charge is 2.23. The number of carbonyl (C=O) groups is 1. The summed E-state index contributed by atoms with van der Waals surface area (Å²) in [4.78, 5) is 13.8. The minimum atomic E-state index is -0.163. The second-order valence-corrected chi connectivity index (χ2v) is 6.89. The summed E-state index contributed by atoms with van der Waals surface area (Å²) in [5.74, 6) is -0.159. The van der Waals surface area contributed by atoms with Crippen molar-refractivity contribution in [1.82, 2.24) is 10.2 Å². The lowest BCUT2D eigenvalue weighted by atomic mass is 9.97. The molecule has 132 valence electrons. The van der Waals surface area contributed by atoms with Gasteiger partial charge in [0.25, 0.3) is 0 Å². The summed E-state index contributed by atoms with van der Waals surface area (Å²) in [7, 11) is 0. The molecule has 3 rings (SSSR count). The van der Waals surface area contributed by atoms with Crippen molar-refractivity contribution < 1.29 is 4.79 Å². The van der Waals surface area contributed by atoms with E-state index in [9.17, 15) is 4.79 Å². The molecule has 2 aromatic carbocycles. The van der Waals surface area contributed by atoms with Crippen LogP contribution in [0, 0.1) is 5.92 Å². The van der Waals surface area contributed by atoms with E-state index in [1.54, 1.807) is 0 Å². The van der Waals surface area contributed by atoms with E-state index in [1.165, 1.54) is 16.7 Å². The molecule has 1 atom stereocenters. The maximum Gasteiger partial charge on any atom is 0.221 e. The molecule has 1 unspecified atom stereocenters. The number of nitrogens with two attached hydrogens (primary N) is 1. The molecule has 0 bridgehead atoms. The molecule has 1 aliphatic rings. The Kier molecular flexibility index (Phi) is 6.20. The van der Waals surface area contributed by atoms with Crippen molar-refractivity contribution in [1.29, 1.82) is 0 Å². The van der Waals surface area contributed by atoms with E-state index in [4.69, 9.17) is 5.73 Å². The number of nitrogens with zero attached hydrogens (tertiary/aromatic N) is 1. The summed E-state index contributed by atoms with van der Waals surface area (Å²) < 4.78 is 0. The molecule has 4 heteroatoms. The molecule has 0 saturated carbocycles. The largest absolute Gasteiger partial charge is 0.369 e.